The average Bonchev–Trinajstić information content (AvgIpc) is 2.38. The zero-order valence-electron chi connectivity index (χ0n) is 9.96. The molecule has 1 heterocycles. The molecule has 0 bridgehead atoms. The van der Waals surface area contributed by atoms with Gasteiger partial charge in [0.25, 0.3) is 0 Å². The second kappa shape index (κ2) is 4.11. The maximum Gasteiger partial charge on any atom is 0.163 e. The molecule has 3 nitrogen and oxygen atoms in total. The first-order valence-corrected chi connectivity index (χ1v) is 5.76. The first-order valence-electron chi connectivity index (χ1n) is 5.76. The minimum absolute atomic E-state index is 0.199. The van der Waals surface area contributed by atoms with E-state index in [2.05, 4.69) is 9.97 Å². The van der Waals surface area contributed by atoms with Crippen LogP contribution >= 0.6 is 0 Å². The molecule has 3 heteroatoms. The predicted octanol–water partition coefficient (Wildman–Crippen LogP) is 3.31. The largest absolute Gasteiger partial charge is 0.507 e. The number of phenols is 1. The highest BCUT2D eigenvalue weighted by Gasteiger charge is 2.07. The summed E-state index contributed by atoms with van der Waals surface area (Å²) >= 11 is 0. The number of aromatic hydroxyl groups is 1. The van der Waals surface area contributed by atoms with Gasteiger partial charge in [-0.25, -0.2) is 9.97 Å². The van der Waals surface area contributed by atoms with E-state index in [-0.39, 0.29) is 5.75 Å². The Morgan fingerprint density at radius 2 is 1.89 bits per heavy atom. The van der Waals surface area contributed by atoms with Gasteiger partial charge in [0.2, 0.25) is 0 Å². The second-order valence-electron chi connectivity index (χ2n) is 4.27. The Bertz CT molecular complexity index is 723. The molecule has 1 N–H and O–H groups in total. The Labute approximate surface area is 105 Å². The minimum Gasteiger partial charge on any atom is -0.507 e. The smallest absolute Gasteiger partial charge is 0.163 e. The summed E-state index contributed by atoms with van der Waals surface area (Å²) in [6, 6.07) is 13.1. The Balaban J connectivity index is 2.22. The third-order valence-electron chi connectivity index (χ3n) is 2.88. The predicted molar refractivity (Wildman–Crippen MR) is 71.4 cm³/mol. The minimum atomic E-state index is 0.199. The summed E-state index contributed by atoms with van der Waals surface area (Å²) in [5.74, 6) is 0.746. The SMILES string of the molecule is Cc1ccc2cnc(-c3ccccc3O)nc2c1. The van der Waals surface area contributed by atoms with Crippen LogP contribution in [0.2, 0.25) is 0 Å². The van der Waals surface area contributed by atoms with Crippen molar-refractivity contribution in [2.45, 2.75) is 6.92 Å². The highest BCUT2D eigenvalue weighted by Crippen LogP contribution is 2.26. The molecule has 0 atom stereocenters. The first kappa shape index (κ1) is 10.7. The van der Waals surface area contributed by atoms with Crippen molar-refractivity contribution in [2.75, 3.05) is 0 Å². The molecule has 0 spiro atoms. The van der Waals surface area contributed by atoms with Gasteiger partial charge in [0.15, 0.2) is 5.82 Å². The second-order valence-corrected chi connectivity index (χ2v) is 4.27. The summed E-state index contributed by atoms with van der Waals surface area (Å²) in [5.41, 5.74) is 2.70. The number of fused-ring (bicyclic) bond motifs is 1. The normalized spacial score (nSPS) is 10.7. The van der Waals surface area contributed by atoms with E-state index in [1.165, 1.54) is 0 Å². The van der Waals surface area contributed by atoms with Crippen LogP contribution in [0.15, 0.2) is 48.7 Å². The molecular weight excluding hydrogens is 224 g/mol. The van der Waals surface area contributed by atoms with Crippen LogP contribution in [0.3, 0.4) is 0 Å². The van der Waals surface area contributed by atoms with Crippen molar-refractivity contribution in [3.8, 4) is 17.1 Å². The van der Waals surface area contributed by atoms with E-state index >= 15 is 0 Å². The molecule has 3 aromatic rings. The number of benzene rings is 2. The van der Waals surface area contributed by atoms with Gasteiger partial charge in [0.1, 0.15) is 5.75 Å². The quantitative estimate of drug-likeness (QED) is 0.705. The number of hydrogen-bond acceptors (Lipinski definition) is 3. The van der Waals surface area contributed by atoms with E-state index < -0.39 is 0 Å². The van der Waals surface area contributed by atoms with Crippen molar-refractivity contribution in [2.24, 2.45) is 0 Å². The Hall–Kier alpha value is -2.42. The third-order valence-corrected chi connectivity index (χ3v) is 2.88. The highest BCUT2D eigenvalue weighted by atomic mass is 16.3. The van der Waals surface area contributed by atoms with Gasteiger partial charge < -0.3 is 5.11 Å². The molecule has 0 fully saturated rings. The van der Waals surface area contributed by atoms with E-state index in [0.717, 1.165) is 16.5 Å². The number of aromatic nitrogens is 2. The van der Waals surface area contributed by atoms with Gasteiger partial charge in [0, 0.05) is 11.6 Å². The number of rotatable bonds is 1. The number of hydrogen-bond donors (Lipinski definition) is 1. The number of para-hydroxylation sites is 1. The molecule has 0 unspecified atom stereocenters. The molecule has 0 saturated carbocycles. The van der Waals surface area contributed by atoms with Gasteiger partial charge in [-0.3, -0.25) is 0 Å². The molecule has 0 aliphatic rings. The number of phenolic OH excluding ortho intramolecular Hbond substituents is 1. The summed E-state index contributed by atoms with van der Waals surface area (Å²) in [7, 11) is 0. The zero-order valence-corrected chi connectivity index (χ0v) is 9.96. The molecule has 0 amide bonds. The van der Waals surface area contributed by atoms with Crippen molar-refractivity contribution >= 4 is 10.9 Å². The fraction of sp³-hybridized carbons (Fsp3) is 0.0667. The van der Waals surface area contributed by atoms with E-state index in [0.29, 0.717) is 11.4 Å². The lowest BCUT2D eigenvalue weighted by atomic mass is 10.1. The van der Waals surface area contributed by atoms with E-state index in [1.807, 2.05) is 37.3 Å². The van der Waals surface area contributed by atoms with E-state index in [4.69, 9.17) is 0 Å². The zero-order chi connectivity index (χ0) is 12.5. The summed E-state index contributed by atoms with van der Waals surface area (Å²) in [4.78, 5) is 8.79. The van der Waals surface area contributed by atoms with Crippen molar-refractivity contribution in [3.05, 3.63) is 54.2 Å². The molecule has 3 rings (SSSR count). The maximum atomic E-state index is 9.81. The van der Waals surface area contributed by atoms with Gasteiger partial charge in [0.05, 0.1) is 11.1 Å². The van der Waals surface area contributed by atoms with Crippen LogP contribution in [0.5, 0.6) is 5.75 Å². The van der Waals surface area contributed by atoms with Crippen molar-refractivity contribution < 1.29 is 5.11 Å². The van der Waals surface area contributed by atoms with Crippen LogP contribution in [-0.4, -0.2) is 15.1 Å². The molecule has 2 aromatic carbocycles. The molecule has 0 saturated heterocycles. The molecular formula is C15H12N2O. The van der Waals surface area contributed by atoms with Crippen LogP contribution in [0.4, 0.5) is 0 Å². The molecule has 1 aromatic heterocycles. The van der Waals surface area contributed by atoms with Gasteiger partial charge in [-0.1, -0.05) is 24.3 Å². The Kier molecular flexibility index (Phi) is 2.45. The van der Waals surface area contributed by atoms with Gasteiger partial charge in [-0.05, 0) is 30.7 Å². The fourth-order valence-corrected chi connectivity index (χ4v) is 1.93. The topological polar surface area (TPSA) is 46.0 Å². The summed E-state index contributed by atoms with van der Waals surface area (Å²) in [6.07, 6.45) is 1.78. The van der Waals surface area contributed by atoms with Crippen LogP contribution < -0.4 is 0 Å². The fourth-order valence-electron chi connectivity index (χ4n) is 1.93. The molecule has 0 aliphatic heterocycles. The Morgan fingerprint density at radius 3 is 2.72 bits per heavy atom. The van der Waals surface area contributed by atoms with Crippen molar-refractivity contribution in [3.63, 3.8) is 0 Å². The lowest BCUT2D eigenvalue weighted by Gasteiger charge is -2.04. The lowest BCUT2D eigenvalue weighted by Crippen LogP contribution is -1.90. The highest BCUT2D eigenvalue weighted by molar-refractivity contribution is 5.80. The first-order chi connectivity index (χ1) is 8.74. The molecule has 0 aliphatic carbocycles. The van der Waals surface area contributed by atoms with E-state index in [1.54, 1.807) is 18.3 Å². The van der Waals surface area contributed by atoms with Crippen molar-refractivity contribution in [1.82, 2.24) is 9.97 Å². The van der Waals surface area contributed by atoms with Crippen LogP contribution in [-0.2, 0) is 0 Å². The monoisotopic (exact) mass is 236 g/mol. The van der Waals surface area contributed by atoms with Crippen LogP contribution in [0.1, 0.15) is 5.56 Å². The Morgan fingerprint density at radius 1 is 1.06 bits per heavy atom. The molecule has 88 valence electrons. The summed E-state index contributed by atoms with van der Waals surface area (Å²) < 4.78 is 0. The number of nitrogens with zero attached hydrogens (tertiary/aromatic N) is 2. The average molecular weight is 236 g/mol. The van der Waals surface area contributed by atoms with Gasteiger partial charge >= 0.3 is 0 Å². The van der Waals surface area contributed by atoms with E-state index in [9.17, 15) is 5.11 Å². The lowest BCUT2D eigenvalue weighted by molar-refractivity contribution is 0.477. The molecule has 18 heavy (non-hydrogen) atoms. The maximum absolute atomic E-state index is 9.81. The van der Waals surface area contributed by atoms with Crippen LogP contribution in [0.25, 0.3) is 22.3 Å². The number of aryl methyl sites for hydroxylation is 1. The standard InChI is InChI=1S/C15H12N2O/c1-10-6-7-11-9-16-15(17-13(11)8-10)12-4-2-3-5-14(12)18/h2-9,18H,1H3. The molecule has 0 radical (unpaired) electrons. The summed E-state index contributed by atoms with van der Waals surface area (Å²) in [5, 5.41) is 10.8. The third kappa shape index (κ3) is 1.80. The van der Waals surface area contributed by atoms with Crippen molar-refractivity contribution in [1.29, 1.82) is 0 Å². The van der Waals surface area contributed by atoms with Gasteiger partial charge in [-0.2, -0.15) is 0 Å². The van der Waals surface area contributed by atoms with Crippen LogP contribution in [0, 0.1) is 6.92 Å². The van der Waals surface area contributed by atoms with Gasteiger partial charge in [-0.15, -0.1) is 0 Å². The summed E-state index contributed by atoms with van der Waals surface area (Å²) in [6.45, 7) is 2.03.